The fourth-order valence-corrected chi connectivity index (χ4v) is 1.88. The van der Waals surface area contributed by atoms with Crippen LogP contribution >= 0.6 is 24.0 Å². The molecule has 4 N–H and O–H groups in total. The lowest BCUT2D eigenvalue weighted by molar-refractivity contribution is -0.137. The third-order valence-electron chi connectivity index (χ3n) is 3.63. The molecular weight excluding hydrogens is 460 g/mol. The molecule has 0 spiro atoms. The van der Waals surface area contributed by atoms with Crippen LogP contribution in [0.1, 0.15) is 31.9 Å². The molecule has 1 aromatic rings. The van der Waals surface area contributed by atoms with Crippen LogP contribution in [0, 0.1) is 5.41 Å². The average Bonchev–Trinajstić information content (AvgIpc) is 2.52. The summed E-state index contributed by atoms with van der Waals surface area (Å²) in [5.41, 5.74) is 4.69. The molecule has 5 nitrogen and oxygen atoms in total. The molecule has 0 bridgehead atoms. The van der Waals surface area contributed by atoms with E-state index >= 15 is 0 Å². The summed E-state index contributed by atoms with van der Waals surface area (Å²) in [7, 11) is 0. The first-order valence-electron chi connectivity index (χ1n) is 8.04. The highest BCUT2D eigenvalue weighted by Crippen LogP contribution is 2.29. The number of amides is 1. The Morgan fingerprint density at radius 3 is 2.19 bits per heavy atom. The van der Waals surface area contributed by atoms with Gasteiger partial charge in [-0.1, -0.05) is 12.1 Å². The van der Waals surface area contributed by atoms with Crippen molar-refractivity contribution >= 4 is 35.8 Å². The first kappa shape index (κ1) is 24.5. The molecule has 9 heteroatoms. The highest BCUT2D eigenvalue weighted by atomic mass is 127. The molecule has 148 valence electrons. The van der Waals surface area contributed by atoms with Crippen molar-refractivity contribution in [3.8, 4) is 0 Å². The molecule has 0 saturated heterocycles. The zero-order chi connectivity index (χ0) is 19.1. The van der Waals surface area contributed by atoms with Gasteiger partial charge in [0.1, 0.15) is 0 Å². The minimum absolute atomic E-state index is 0. The van der Waals surface area contributed by atoms with Crippen molar-refractivity contribution < 1.29 is 18.0 Å². The quantitative estimate of drug-likeness (QED) is 0.315. The summed E-state index contributed by atoms with van der Waals surface area (Å²) in [4.78, 5) is 15.6. The van der Waals surface area contributed by atoms with Gasteiger partial charge in [-0.3, -0.25) is 9.79 Å². The third kappa shape index (κ3) is 8.24. The molecule has 1 aromatic carbocycles. The van der Waals surface area contributed by atoms with E-state index in [2.05, 4.69) is 15.6 Å². The maximum Gasteiger partial charge on any atom is 0.416 e. The number of hydrogen-bond acceptors (Lipinski definition) is 2. The van der Waals surface area contributed by atoms with Crippen LogP contribution in [0.15, 0.2) is 29.3 Å². The van der Waals surface area contributed by atoms with Crippen molar-refractivity contribution in [3.05, 3.63) is 35.4 Å². The minimum atomic E-state index is -4.32. The number of nitrogens with one attached hydrogen (secondary N) is 2. The highest BCUT2D eigenvalue weighted by Gasteiger charge is 2.29. The van der Waals surface area contributed by atoms with Crippen LogP contribution in [0.5, 0.6) is 0 Å². The van der Waals surface area contributed by atoms with Gasteiger partial charge in [0.05, 0.1) is 17.5 Å². The zero-order valence-corrected chi connectivity index (χ0v) is 17.4. The number of alkyl halides is 3. The molecule has 0 fully saturated rings. The van der Waals surface area contributed by atoms with Gasteiger partial charge in [-0.2, -0.15) is 13.2 Å². The summed E-state index contributed by atoms with van der Waals surface area (Å²) in [5, 5.41) is 6.14. The number of carbonyl (C=O) groups excluding carboxylic acids is 1. The lowest BCUT2D eigenvalue weighted by Gasteiger charge is -2.19. The molecule has 1 amide bonds. The number of benzene rings is 1. The van der Waals surface area contributed by atoms with E-state index in [1.165, 1.54) is 12.1 Å². The predicted molar refractivity (Wildman–Crippen MR) is 108 cm³/mol. The van der Waals surface area contributed by atoms with Crippen molar-refractivity contribution in [2.45, 2.75) is 33.4 Å². The van der Waals surface area contributed by atoms with E-state index in [1.807, 2.05) is 6.92 Å². The smallest absolute Gasteiger partial charge is 0.369 e. The van der Waals surface area contributed by atoms with Gasteiger partial charge in [0, 0.05) is 13.1 Å². The van der Waals surface area contributed by atoms with E-state index in [4.69, 9.17) is 5.73 Å². The Kier molecular flexibility index (Phi) is 9.97. The van der Waals surface area contributed by atoms with Crippen molar-refractivity contribution in [3.63, 3.8) is 0 Å². The molecule has 0 aliphatic heterocycles. The van der Waals surface area contributed by atoms with Crippen molar-refractivity contribution in [2.75, 3.05) is 19.6 Å². The van der Waals surface area contributed by atoms with Crippen LogP contribution in [0.4, 0.5) is 13.2 Å². The zero-order valence-electron chi connectivity index (χ0n) is 15.1. The number of hydrogen-bond donors (Lipinski definition) is 3. The SMILES string of the molecule is CCNC(=NCC(C)(C)C(N)=O)NCCc1ccc(C(F)(F)F)cc1.I. The summed E-state index contributed by atoms with van der Waals surface area (Å²) >= 11 is 0. The van der Waals surface area contributed by atoms with Gasteiger partial charge in [-0.25, -0.2) is 0 Å². The monoisotopic (exact) mass is 486 g/mol. The molecule has 26 heavy (non-hydrogen) atoms. The second-order valence-corrected chi connectivity index (χ2v) is 6.31. The molecule has 1 rings (SSSR count). The maximum absolute atomic E-state index is 12.5. The van der Waals surface area contributed by atoms with Crippen LogP contribution in [0.3, 0.4) is 0 Å². The average molecular weight is 486 g/mol. The summed E-state index contributed by atoms with van der Waals surface area (Å²) < 4.78 is 37.6. The Bertz CT molecular complexity index is 601. The Labute approximate surface area is 169 Å². The fraction of sp³-hybridized carbons (Fsp3) is 0.529. The van der Waals surface area contributed by atoms with Gasteiger partial charge in [0.25, 0.3) is 0 Å². The normalized spacial score (nSPS) is 12.3. The highest BCUT2D eigenvalue weighted by molar-refractivity contribution is 14.0. The third-order valence-corrected chi connectivity index (χ3v) is 3.63. The second-order valence-electron chi connectivity index (χ2n) is 6.31. The Hall–Kier alpha value is -1.52. The number of primary amides is 1. The van der Waals surface area contributed by atoms with Crippen LogP contribution < -0.4 is 16.4 Å². The van der Waals surface area contributed by atoms with Crippen molar-refractivity contribution in [1.82, 2.24) is 10.6 Å². The second kappa shape index (κ2) is 10.6. The minimum Gasteiger partial charge on any atom is -0.369 e. The lowest BCUT2D eigenvalue weighted by atomic mass is 9.93. The van der Waals surface area contributed by atoms with Gasteiger partial charge in [0.15, 0.2) is 5.96 Å². The van der Waals surface area contributed by atoms with Crippen LogP contribution in [0.25, 0.3) is 0 Å². The van der Waals surface area contributed by atoms with Crippen molar-refractivity contribution in [1.29, 1.82) is 0 Å². The van der Waals surface area contributed by atoms with E-state index in [-0.39, 0.29) is 30.5 Å². The number of rotatable bonds is 7. The Balaban J connectivity index is 0.00000625. The van der Waals surface area contributed by atoms with Crippen LogP contribution in [-0.4, -0.2) is 31.5 Å². The number of guanidine groups is 1. The topological polar surface area (TPSA) is 79.5 Å². The van der Waals surface area contributed by atoms with Gasteiger partial charge >= 0.3 is 6.18 Å². The lowest BCUT2D eigenvalue weighted by Crippen LogP contribution is -2.40. The molecular formula is C17H26F3IN4O. The predicted octanol–water partition coefficient (Wildman–Crippen LogP) is 2.93. The van der Waals surface area contributed by atoms with Gasteiger partial charge < -0.3 is 16.4 Å². The fourth-order valence-electron chi connectivity index (χ4n) is 1.88. The van der Waals surface area contributed by atoms with E-state index < -0.39 is 23.1 Å². The number of aliphatic imine (C=N–C) groups is 1. The molecule has 0 aliphatic carbocycles. The maximum atomic E-state index is 12.5. The number of nitrogens with zero attached hydrogens (tertiary/aromatic N) is 1. The van der Waals surface area contributed by atoms with E-state index in [9.17, 15) is 18.0 Å². The van der Waals surface area contributed by atoms with Gasteiger partial charge in [-0.15, -0.1) is 24.0 Å². The summed E-state index contributed by atoms with van der Waals surface area (Å²) in [5.74, 6) is 0.0978. The first-order valence-corrected chi connectivity index (χ1v) is 8.04. The van der Waals surface area contributed by atoms with Crippen LogP contribution in [0.2, 0.25) is 0 Å². The summed E-state index contributed by atoms with van der Waals surface area (Å²) in [6, 6.07) is 5.07. The summed E-state index contributed by atoms with van der Waals surface area (Å²) in [6.45, 7) is 6.71. The van der Waals surface area contributed by atoms with E-state index in [0.29, 0.717) is 25.5 Å². The standard InChI is InChI=1S/C17H25F3N4O.HI/c1-4-22-15(24-11-16(2,3)14(21)25)23-10-9-12-5-7-13(8-6-12)17(18,19)20;/h5-8H,4,9-11H2,1-3H3,(H2,21,25)(H2,22,23,24);1H. The molecule has 0 unspecified atom stereocenters. The number of carbonyl (C=O) groups is 1. The molecule has 0 saturated carbocycles. The van der Waals surface area contributed by atoms with Crippen LogP contribution in [-0.2, 0) is 17.4 Å². The van der Waals surface area contributed by atoms with Gasteiger partial charge in [0.2, 0.25) is 5.91 Å². The Morgan fingerprint density at radius 1 is 1.15 bits per heavy atom. The molecule has 0 heterocycles. The summed E-state index contributed by atoms with van der Waals surface area (Å²) in [6.07, 6.45) is -3.78. The molecule has 0 atom stereocenters. The number of halogens is 4. The number of nitrogens with two attached hydrogens (primary N) is 1. The van der Waals surface area contributed by atoms with Gasteiger partial charge in [-0.05, 0) is 44.9 Å². The molecule has 0 aliphatic rings. The molecule has 0 aromatic heterocycles. The molecule has 0 radical (unpaired) electrons. The first-order chi connectivity index (χ1) is 11.6. The van der Waals surface area contributed by atoms with Crippen molar-refractivity contribution in [2.24, 2.45) is 16.1 Å². The largest absolute Gasteiger partial charge is 0.416 e. The van der Waals surface area contributed by atoms with E-state index in [1.54, 1.807) is 13.8 Å². The van der Waals surface area contributed by atoms with E-state index in [0.717, 1.165) is 17.7 Å². The Morgan fingerprint density at radius 2 is 1.73 bits per heavy atom.